The summed E-state index contributed by atoms with van der Waals surface area (Å²) >= 11 is 6.67. The molecule has 2 rings (SSSR count). The molecule has 2 heterocycles. The van der Waals surface area contributed by atoms with Crippen LogP contribution in [0.15, 0.2) is 17.5 Å². The molecule has 19 heavy (non-hydrogen) atoms. The molecule has 0 unspecified atom stereocenters. The van der Waals surface area contributed by atoms with Gasteiger partial charge >= 0.3 is 0 Å². The van der Waals surface area contributed by atoms with Gasteiger partial charge in [-0.3, -0.25) is 14.5 Å². The highest BCUT2D eigenvalue weighted by molar-refractivity contribution is 7.71. The van der Waals surface area contributed by atoms with Crippen LogP contribution in [0.5, 0.6) is 0 Å². The molecule has 0 saturated carbocycles. The van der Waals surface area contributed by atoms with Crippen molar-refractivity contribution < 1.29 is 9.90 Å². The first-order valence-electron chi connectivity index (χ1n) is 5.79. The lowest BCUT2D eigenvalue weighted by atomic mass is 10.4. The summed E-state index contributed by atoms with van der Waals surface area (Å²) < 4.78 is 2.08. The molecule has 0 radical (unpaired) electrons. The number of aromatic nitrogens is 3. The first kappa shape index (κ1) is 13.9. The van der Waals surface area contributed by atoms with Crippen LogP contribution in [0.25, 0.3) is 10.7 Å². The monoisotopic (exact) mass is 298 g/mol. The van der Waals surface area contributed by atoms with Crippen molar-refractivity contribution in [3.63, 3.8) is 0 Å². The zero-order valence-corrected chi connectivity index (χ0v) is 11.8. The van der Waals surface area contributed by atoms with Gasteiger partial charge in [-0.05, 0) is 30.1 Å². The number of H-pyrrole nitrogens is 1. The van der Waals surface area contributed by atoms with E-state index in [0.717, 1.165) is 4.88 Å². The Morgan fingerprint density at radius 2 is 2.47 bits per heavy atom. The molecule has 0 bridgehead atoms. The molecule has 6 nitrogen and oxygen atoms in total. The molecule has 0 aliphatic heterocycles. The number of carbonyl (C=O) groups is 1. The van der Waals surface area contributed by atoms with E-state index in [-0.39, 0.29) is 19.1 Å². The van der Waals surface area contributed by atoms with Gasteiger partial charge in [0.25, 0.3) is 0 Å². The third kappa shape index (κ3) is 3.49. The Kier molecular flexibility index (Phi) is 4.83. The number of aliphatic hydroxyl groups excluding tert-OH is 1. The topological polar surface area (TPSA) is 82.9 Å². The Bertz CT molecular complexity index is 588. The smallest absolute Gasteiger partial charge is 0.240 e. The summed E-state index contributed by atoms with van der Waals surface area (Å²) in [6.45, 7) is 0.634. The number of amides is 1. The second kappa shape index (κ2) is 6.60. The molecule has 2 aromatic heterocycles. The third-order valence-corrected chi connectivity index (χ3v) is 3.64. The summed E-state index contributed by atoms with van der Waals surface area (Å²) in [6, 6.07) is 3.85. The van der Waals surface area contributed by atoms with E-state index < -0.39 is 0 Å². The molecule has 2 aromatic rings. The van der Waals surface area contributed by atoms with E-state index >= 15 is 0 Å². The Morgan fingerprint density at radius 3 is 3.16 bits per heavy atom. The summed E-state index contributed by atoms with van der Waals surface area (Å²) in [5.74, 6) is 0.515. The van der Waals surface area contributed by atoms with Crippen LogP contribution in [0.1, 0.15) is 6.42 Å². The average Bonchev–Trinajstić information content (AvgIpc) is 3.01. The van der Waals surface area contributed by atoms with E-state index in [1.54, 1.807) is 4.57 Å². The number of aliphatic hydroxyl groups is 1. The number of hydrogen-bond donors (Lipinski definition) is 3. The number of thiophene rings is 1. The lowest BCUT2D eigenvalue weighted by Gasteiger charge is -2.06. The van der Waals surface area contributed by atoms with Crippen molar-refractivity contribution in [2.45, 2.75) is 13.0 Å². The highest BCUT2D eigenvalue weighted by Gasteiger charge is 2.12. The number of aromatic amines is 1. The zero-order valence-electron chi connectivity index (χ0n) is 10.1. The molecule has 3 N–H and O–H groups in total. The maximum absolute atomic E-state index is 11.8. The van der Waals surface area contributed by atoms with Crippen LogP contribution >= 0.6 is 23.6 Å². The van der Waals surface area contributed by atoms with Crippen LogP contribution in [-0.4, -0.2) is 38.9 Å². The number of nitrogens with zero attached hydrogens (tertiary/aromatic N) is 2. The predicted molar refractivity (Wildman–Crippen MR) is 75.4 cm³/mol. The van der Waals surface area contributed by atoms with Crippen molar-refractivity contribution in [3.8, 4) is 10.7 Å². The third-order valence-electron chi connectivity index (χ3n) is 2.46. The quantitative estimate of drug-likeness (QED) is 0.552. The molecule has 0 saturated heterocycles. The molecule has 0 aliphatic rings. The fourth-order valence-electron chi connectivity index (χ4n) is 1.56. The van der Waals surface area contributed by atoms with Gasteiger partial charge in [-0.2, -0.15) is 5.10 Å². The van der Waals surface area contributed by atoms with Crippen molar-refractivity contribution >= 4 is 29.5 Å². The van der Waals surface area contributed by atoms with Gasteiger partial charge in [-0.25, -0.2) is 0 Å². The minimum absolute atomic E-state index is 0.0614. The summed E-state index contributed by atoms with van der Waals surface area (Å²) in [5.41, 5.74) is 0. The van der Waals surface area contributed by atoms with Gasteiger partial charge in [0.2, 0.25) is 5.91 Å². The van der Waals surface area contributed by atoms with E-state index in [9.17, 15) is 4.79 Å². The highest BCUT2D eigenvalue weighted by atomic mass is 32.1. The predicted octanol–water partition coefficient (Wildman–Crippen LogP) is 1.17. The standard InChI is InChI=1S/C11H14N4O2S2/c16-5-2-4-12-9(17)7-15-10(13-14-11(15)18)8-3-1-6-19-8/h1,3,6,16H,2,4-5,7H2,(H,12,17)(H,14,18). The Balaban J connectivity index is 2.10. The van der Waals surface area contributed by atoms with Crippen LogP contribution < -0.4 is 5.32 Å². The van der Waals surface area contributed by atoms with Gasteiger partial charge in [0.05, 0.1) is 4.88 Å². The maximum Gasteiger partial charge on any atom is 0.240 e. The average molecular weight is 298 g/mol. The Labute approximate surface area is 119 Å². The normalized spacial score (nSPS) is 10.6. The van der Waals surface area contributed by atoms with Crippen LogP contribution in [0, 0.1) is 4.77 Å². The molecule has 0 aliphatic carbocycles. The van der Waals surface area contributed by atoms with Crippen LogP contribution in [0.2, 0.25) is 0 Å². The van der Waals surface area contributed by atoms with Crippen LogP contribution in [-0.2, 0) is 11.3 Å². The molecule has 102 valence electrons. The Hall–Kier alpha value is -1.51. The van der Waals surface area contributed by atoms with Crippen molar-refractivity contribution in [2.24, 2.45) is 0 Å². The second-order valence-corrected chi connectivity index (χ2v) is 5.18. The zero-order chi connectivity index (χ0) is 13.7. The summed E-state index contributed by atoms with van der Waals surface area (Å²) in [7, 11) is 0. The van der Waals surface area contributed by atoms with E-state index in [4.69, 9.17) is 17.3 Å². The minimum atomic E-state index is -0.149. The number of nitrogens with one attached hydrogen (secondary N) is 2. The molecule has 0 fully saturated rings. The highest BCUT2D eigenvalue weighted by Crippen LogP contribution is 2.22. The van der Waals surface area contributed by atoms with E-state index in [2.05, 4.69) is 15.5 Å². The summed E-state index contributed by atoms with van der Waals surface area (Å²) in [5, 5.41) is 20.2. The molecule has 0 atom stereocenters. The lowest BCUT2D eigenvalue weighted by molar-refractivity contribution is -0.121. The molecular weight excluding hydrogens is 284 g/mol. The van der Waals surface area contributed by atoms with Crippen molar-refractivity contribution in [1.82, 2.24) is 20.1 Å². The van der Waals surface area contributed by atoms with Crippen molar-refractivity contribution in [1.29, 1.82) is 0 Å². The van der Waals surface area contributed by atoms with E-state index in [1.807, 2.05) is 17.5 Å². The molecule has 1 amide bonds. The van der Waals surface area contributed by atoms with Gasteiger partial charge < -0.3 is 10.4 Å². The fourth-order valence-corrected chi connectivity index (χ4v) is 2.48. The van der Waals surface area contributed by atoms with Crippen LogP contribution in [0.4, 0.5) is 0 Å². The van der Waals surface area contributed by atoms with Gasteiger partial charge in [-0.1, -0.05) is 6.07 Å². The van der Waals surface area contributed by atoms with E-state index in [1.165, 1.54) is 11.3 Å². The SMILES string of the molecule is O=C(Cn1c(-c2cccs2)n[nH]c1=S)NCCCO. The number of carbonyl (C=O) groups excluding carboxylic acids is 1. The fraction of sp³-hybridized carbons (Fsp3) is 0.364. The van der Waals surface area contributed by atoms with Gasteiger partial charge in [0.15, 0.2) is 10.6 Å². The van der Waals surface area contributed by atoms with Crippen molar-refractivity contribution in [2.75, 3.05) is 13.2 Å². The van der Waals surface area contributed by atoms with Gasteiger partial charge in [0.1, 0.15) is 6.54 Å². The minimum Gasteiger partial charge on any atom is -0.396 e. The first-order chi connectivity index (χ1) is 9.22. The van der Waals surface area contributed by atoms with Gasteiger partial charge in [0, 0.05) is 13.2 Å². The molecular formula is C11H14N4O2S2. The maximum atomic E-state index is 11.8. The number of hydrogen-bond acceptors (Lipinski definition) is 5. The molecule has 0 aromatic carbocycles. The Morgan fingerprint density at radius 1 is 1.63 bits per heavy atom. The van der Waals surface area contributed by atoms with Crippen molar-refractivity contribution in [3.05, 3.63) is 22.3 Å². The lowest BCUT2D eigenvalue weighted by Crippen LogP contribution is -2.29. The largest absolute Gasteiger partial charge is 0.396 e. The summed E-state index contributed by atoms with van der Waals surface area (Å²) in [6.07, 6.45) is 0.542. The molecule has 0 spiro atoms. The van der Waals surface area contributed by atoms with Crippen LogP contribution in [0.3, 0.4) is 0 Å². The number of rotatable bonds is 6. The van der Waals surface area contributed by atoms with E-state index in [0.29, 0.717) is 23.6 Å². The second-order valence-electron chi connectivity index (χ2n) is 3.84. The summed E-state index contributed by atoms with van der Waals surface area (Å²) in [4.78, 5) is 12.7. The van der Waals surface area contributed by atoms with Gasteiger partial charge in [-0.15, -0.1) is 11.3 Å². The first-order valence-corrected chi connectivity index (χ1v) is 7.08. The molecule has 8 heteroatoms.